The Morgan fingerprint density at radius 3 is 3.31 bits per heavy atom. The summed E-state index contributed by atoms with van der Waals surface area (Å²) in [4.78, 5) is 0. The second-order valence-corrected chi connectivity index (χ2v) is 5.00. The molecule has 1 N–H and O–H groups in total. The third-order valence-electron chi connectivity index (χ3n) is 2.98. The van der Waals surface area contributed by atoms with Gasteiger partial charge in [-0.2, -0.15) is 0 Å². The number of rotatable bonds is 6. The molecule has 1 saturated heterocycles. The van der Waals surface area contributed by atoms with Crippen LogP contribution in [0.3, 0.4) is 0 Å². The molecule has 0 aromatic carbocycles. The predicted octanol–water partition coefficient (Wildman–Crippen LogP) is 1.98. The zero-order valence-corrected chi connectivity index (χ0v) is 10.5. The van der Waals surface area contributed by atoms with E-state index in [2.05, 4.69) is 21.8 Å². The zero-order valence-electron chi connectivity index (χ0n) is 9.69. The molecule has 1 aromatic rings. The van der Waals surface area contributed by atoms with E-state index in [9.17, 15) is 0 Å². The number of nitrogens with one attached hydrogen (secondary N) is 1. The van der Waals surface area contributed by atoms with Crippen LogP contribution in [0.4, 0.5) is 0 Å². The van der Waals surface area contributed by atoms with Gasteiger partial charge in [-0.05, 0) is 44.1 Å². The maximum atomic E-state index is 5.61. The normalized spacial score (nSPS) is 22.4. The topological polar surface area (TPSA) is 47.0 Å². The van der Waals surface area contributed by atoms with Gasteiger partial charge in [-0.15, -0.1) is 5.10 Å². The standard InChI is InChI=1S/C11H19N3OS/c1-9(4-5-11-3-2-6-15-11)12-7-10-8-16-14-13-10/h8-9,11-12H,2-7H2,1H3. The number of aromatic nitrogens is 2. The first kappa shape index (κ1) is 12.0. The monoisotopic (exact) mass is 241 g/mol. The van der Waals surface area contributed by atoms with Gasteiger partial charge in [-0.1, -0.05) is 4.49 Å². The molecule has 16 heavy (non-hydrogen) atoms. The first-order chi connectivity index (χ1) is 7.84. The second-order valence-electron chi connectivity index (χ2n) is 4.39. The molecular formula is C11H19N3OS. The van der Waals surface area contributed by atoms with Crippen LogP contribution in [-0.4, -0.2) is 28.3 Å². The number of hydrogen-bond donors (Lipinski definition) is 1. The van der Waals surface area contributed by atoms with Crippen LogP contribution < -0.4 is 5.32 Å². The molecule has 0 aliphatic carbocycles. The Bertz CT molecular complexity index is 285. The third-order valence-corrected chi connectivity index (χ3v) is 3.54. The molecule has 2 atom stereocenters. The molecule has 0 spiro atoms. The van der Waals surface area contributed by atoms with E-state index in [0.29, 0.717) is 12.1 Å². The Balaban J connectivity index is 1.58. The highest BCUT2D eigenvalue weighted by molar-refractivity contribution is 7.03. The molecule has 1 aliphatic heterocycles. The van der Waals surface area contributed by atoms with E-state index in [1.165, 1.54) is 37.2 Å². The van der Waals surface area contributed by atoms with E-state index < -0.39 is 0 Å². The maximum absolute atomic E-state index is 5.61. The lowest BCUT2D eigenvalue weighted by Crippen LogP contribution is -2.26. The number of hydrogen-bond acceptors (Lipinski definition) is 5. The summed E-state index contributed by atoms with van der Waals surface area (Å²) in [6.45, 7) is 3.99. The molecule has 2 rings (SSSR count). The summed E-state index contributed by atoms with van der Waals surface area (Å²) in [7, 11) is 0. The quantitative estimate of drug-likeness (QED) is 0.827. The Kier molecular flexibility index (Phi) is 4.69. The predicted molar refractivity (Wildman–Crippen MR) is 64.4 cm³/mol. The smallest absolute Gasteiger partial charge is 0.0893 e. The van der Waals surface area contributed by atoms with Gasteiger partial charge < -0.3 is 10.1 Å². The van der Waals surface area contributed by atoms with E-state index in [1.54, 1.807) is 0 Å². The van der Waals surface area contributed by atoms with Gasteiger partial charge in [0.1, 0.15) is 0 Å². The van der Waals surface area contributed by atoms with Crippen molar-refractivity contribution in [3.8, 4) is 0 Å². The Labute approximate surface area is 101 Å². The summed E-state index contributed by atoms with van der Waals surface area (Å²) in [5, 5.41) is 9.45. The minimum absolute atomic E-state index is 0.505. The van der Waals surface area contributed by atoms with Crippen LogP contribution in [0.2, 0.25) is 0 Å². The Morgan fingerprint density at radius 2 is 2.62 bits per heavy atom. The van der Waals surface area contributed by atoms with Crippen molar-refractivity contribution in [1.29, 1.82) is 0 Å². The third kappa shape index (κ3) is 3.81. The lowest BCUT2D eigenvalue weighted by molar-refractivity contribution is 0.100. The molecule has 2 unspecified atom stereocenters. The molecule has 4 nitrogen and oxygen atoms in total. The SMILES string of the molecule is CC(CCC1CCCO1)NCc1csnn1. The number of ether oxygens (including phenoxy) is 1. The van der Waals surface area contributed by atoms with Crippen molar-refractivity contribution >= 4 is 11.5 Å². The lowest BCUT2D eigenvalue weighted by Gasteiger charge is -2.15. The minimum Gasteiger partial charge on any atom is -0.378 e. The van der Waals surface area contributed by atoms with Crippen molar-refractivity contribution in [3.05, 3.63) is 11.1 Å². The van der Waals surface area contributed by atoms with Gasteiger partial charge in [0.2, 0.25) is 0 Å². The van der Waals surface area contributed by atoms with Gasteiger partial charge in [0.25, 0.3) is 0 Å². The van der Waals surface area contributed by atoms with E-state index in [0.717, 1.165) is 18.8 Å². The first-order valence-electron chi connectivity index (χ1n) is 5.95. The molecular weight excluding hydrogens is 222 g/mol. The molecule has 0 bridgehead atoms. The van der Waals surface area contributed by atoms with Crippen LogP contribution >= 0.6 is 11.5 Å². The van der Waals surface area contributed by atoms with Crippen LogP contribution in [0.5, 0.6) is 0 Å². The second kappa shape index (κ2) is 6.27. The van der Waals surface area contributed by atoms with E-state index in [1.807, 2.05) is 5.38 Å². The summed E-state index contributed by atoms with van der Waals surface area (Å²) < 4.78 is 9.45. The van der Waals surface area contributed by atoms with Gasteiger partial charge in [-0.3, -0.25) is 0 Å². The van der Waals surface area contributed by atoms with E-state index in [-0.39, 0.29) is 0 Å². The van der Waals surface area contributed by atoms with E-state index >= 15 is 0 Å². The maximum Gasteiger partial charge on any atom is 0.0893 e. The highest BCUT2D eigenvalue weighted by Crippen LogP contribution is 2.17. The van der Waals surface area contributed by atoms with Gasteiger partial charge in [-0.25, -0.2) is 0 Å². The van der Waals surface area contributed by atoms with E-state index in [4.69, 9.17) is 4.74 Å². The molecule has 5 heteroatoms. The molecule has 0 radical (unpaired) electrons. The molecule has 0 saturated carbocycles. The molecule has 1 aromatic heterocycles. The van der Waals surface area contributed by atoms with Crippen LogP contribution in [0.1, 0.15) is 38.3 Å². The molecule has 0 amide bonds. The fourth-order valence-corrected chi connectivity index (χ4v) is 2.40. The number of nitrogens with zero attached hydrogens (tertiary/aromatic N) is 2. The largest absolute Gasteiger partial charge is 0.378 e. The molecule has 1 fully saturated rings. The summed E-state index contributed by atoms with van der Waals surface area (Å²) >= 11 is 1.40. The van der Waals surface area contributed by atoms with Gasteiger partial charge in [0.15, 0.2) is 0 Å². The lowest BCUT2D eigenvalue weighted by atomic mass is 10.1. The Morgan fingerprint density at radius 1 is 1.69 bits per heavy atom. The Hall–Kier alpha value is -0.520. The molecule has 90 valence electrons. The van der Waals surface area contributed by atoms with Crippen LogP contribution in [-0.2, 0) is 11.3 Å². The first-order valence-corrected chi connectivity index (χ1v) is 6.79. The summed E-state index contributed by atoms with van der Waals surface area (Å²) in [6.07, 6.45) is 5.32. The average molecular weight is 241 g/mol. The summed E-state index contributed by atoms with van der Waals surface area (Å²) in [5.41, 5.74) is 1.04. The van der Waals surface area contributed by atoms with Gasteiger partial charge in [0, 0.05) is 24.6 Å². The minimum atomic E-state index is 0.505. The van der Waals surface area contributed by atoms with Crippen molar-refractivity contribution in [1.82, 2.24) is 14.9 Å². The summed E-state index contributed by atoms with van der Waals surface area (Å²) in [5.74, 6) is 0. The van der Waals surface area contributed by atoms with Gasteiger partial charge in [0.05, 0.1) is 11.8 Å². The van der Waals surface area contributed by atoms with Gasteiger partial charge >= 0.3 is 0 Å². The highest BCUT2D eigenvalue weighted by atomic mass is 32.1. The van der Waals surface area contributed by atoms with Crippen LogP contribution in [0.25, 0.3) is 0 Å². The van der Waals surface area contributed by atoms with Crippen LogP contribution in [0.15, 0.2) is 5.38 Å². The fraction of sp³-hybridized carbons (Fsp3) is 0.818. The van der Waals surface area contributed by atoms with Crippen molar-refractivity contribution in [3.63, 3.8) is 0 Å². The van der Waals surface area contributed by atoms with Crippen molar-refractivity contribution in [2.45, 2.75) is 51.3 Å². The van der Waals surface area contributed by atoms with Crippen molar-refractivity contribution in [2.24, 2.45) is 0 Å². The highest BCUT2D eigenvalue weighted by Gasteiger charge is 2.16. The zero-order chi connectivity index (χ0) is 11.2. The van der Waals surface area contributed by atoms with Crippen molar-refractivity contribution < 1.29 is 4.74 Å². The molecule has 2 heterocycles. The average Bonchev–Trinajstić information content (AvgIpc) is 2.96. The van der Waals surface area contributed by atoms with Crippen LogP contribution in [0, 0.1) is 0 Å². The van der Waals surface area contributed by atoms with Crippen molar-refractivity contribution in [2.75, 3.05) is 6.61 Å². The fourth-order valence-electron chi connectivity index (χ4n) is 1.95. The molecule has 1 aliphatic rings. The summed E-state index contributed by atoms with van der Waals surface area (Å²) in [6, 6.07) is 0.519.